The average Bonchev–Trinajstić information content (AvgIpc) is 1.87. The summed E-state index contributed by atoms with van der Waals surface area (Å²) >= 11 is 3.52. The summed E-state index contributed by atoms with van der Waals surface area (Å²) in [5.41, 5.74) is 0.468. The molecule has 0 bridgehead atoms. The molecule has 1 nitrogen and oxygen atoms in total. The second-order valence-electron chi connectivity index (χ2n) is 4.20. The maximum Gasteiger partial charge on any atom is 0.00826 e. The van der Waals surface area contributed by atoms with Crippen molar-refractivity contribution in [3.8, 4) is 0 Å². The van der Waals surface area contributed by atoms with E-state index in [0.29, 0.717) is 5.41 Å². The first-order chi connectivity index (χ1) is 4.98. The minimum atomic E-state index is 0.468. The van der Waals surface area contributed by atoms with E-state index in [1.165, 1.54) is 19.4 Å². The predicted octanol–water partition coefficient (Wildman–Crippen LogP) is 2.75. The second-order valence-corrected chi connectivity index (χ2v) is 4.77. The van der Waals surface area contributed by atoms with E-state index in [9.17, 15) is 0 Å². The summed E-state index contributed by atoms with van der Waals surface area (Å²) in [6, 6.07) is 0. The zero-order valence-corrected chi connectivity index (χ0v) is 9.74. The van der Waals surface area contributed by atoms with Crippen LogP contribution in [0.2, 0.25) is 0 Å². The third kappa shape index (κ3) is 6.82. The molecule has 68 valence electrons. The summed E-state index contributed by atoms with van der Waals surface area (Å²) in [5.74, 6) is 0. The Kier molecular flexibility index (Phi) is 5.36. The van der Waals surface area contributed by atoms with Crippen LogP contribution in [-0.2, 0) is 0 Å². The van der Waals surface area contributed by atoms with Crippen molar-refractivity contribution < 1.29 is 0 Å². The lowest BCUT2D eigenvalue weighted by atomic mass is 9.90. The van der Waals surface area contributed by atoms with Gasteiger partial charge in [0.25, 0.3) is 0 Å². The van der Waals surface area contributed by atoms with Gasteiger partial charge in [-0.15, -0.1) is 0 Å². The maximum absolute atomic E-state index is 3.52. The number of nitrogens with zero attached hydrogens (tertiary/aromatic N) is 1. The molecule has 0 aromatic carbocycles. The van der Waals surface area contributed by atoms with Gasteiger partial charge >= 0.3 is 0 Å². The molecule has 2 heteroatoms. The first-order valence-electron chi connectivity index (χ1n) is 4.19. The Morgan fingerprint density at radius 1 is 1.27 bits per heavy atom. The van der Waals surface area contributed by atoms with E-state index < -0.39 is 0 Å². The summed E-state index contributed by atoms with van der Waals surface area (Å²) in [5, 5.41) is 1.10. The smallest absolute Gasteiger partial charge is 0.00826 e. The molecule has 0 heterocycles. The van der Waals surface area contributed by atoms with Crippen LogP contribution in [0.3, 0.4) is 0 Å². The highest BCUT2D eigenvalue weighted by Crippen LogP contribution is 2.24. The van der Waals surface area contributed by atoms with Gasteiger partial charge in [-0.1, -0.05) is 29.8 Å². The van der Waals surface area contributed by atoms with Gasteiger partial charge < -0.3 is 4.90 Å². The van der Waals surface area contributed by atoms with Gasteiger partial charge in [0.1, 0.15) is 0 Å². The van der Waals surface area contributed by atoms with E-state index in [1.807, 2.05) is 0 Å². The largest absolute Gasteiger partial charge is 0.309 e. The van der Waals surface area contributed by atoms with Crippen molar-refractivity contribution in [3.63, 3.8) is 0 Å². The standard InChI is InChI=1S/C9H20BrN/c1-9(2,8-10)6-5-7-11(3)4/h5-8H2,1-4H3. The SMILES string of the molecule is CN(C)CCCC(C)(C)CBr. The molecule has 0 aromatic heterocycles. The highest BCUT2D eigenvalue weighted by molar-refractivity contribution is 9.09. The molecule has 0 unspecified atom stereocenters. The molecule has 0 saturated heterocycles. The maximum atomic E-state index is 3.52. The van der Waals surface area contributed by atoms with Crippen molar-refractivity contribution in [3.05, 3.63) is 0 Å². The van der Waals surface area contributed by atoms with Crippen molar-refractivity contribution in [1.29, 1.82) is 0 Å². The summed E-state index contributed by atoms with van der Waals surface area (Å²) in [6.45, 7) is 5.81. The lowest BCUT2D eigenvalue weighted by Crippen LogP contribution is -2.18. The van der Waals surface area contributed by atoms with Crippen LogP contribution in [0.15, 0.2) is 0 Å². The molecule has 0 radical (unpaired) electrons. The molecule has 0 rings (SSSR count). The lowest BCUT2D eigenvalue weighted by molar-refractivity contribution is 0.325. The highest BCUT2D eigenvalue weighted by Gasteiger charge is 2.14. The van der Waals surface area contributed by atoms with E-state index >= 15 is 0 Å². The Morgan fingerprint density at radius 2 is 1.82 bits per heavy atom. The van der Waals surface area contributed by atoms with Crippen molar-refractivity contribution in [2.75, 3.05) is 26.0 Å². The molecule has 0 aliphatic rings. The molecule has 0 fully saturated rings. The first kappa shape index (κ1) is 11.4. The molecule has 0 atom stereocenters. The Labute approximate surface area is 79.3 Å². The van der Waals surface area contributed by atoms with Crippen LogP contribution in [0.1, 0.15) is 26.7 Å². The predicted molar refractivity (Wildman–Crippen MR) is 55.4 cm³/mol. The van der Waals surface area contributed by atoms with Crippen LogP contribution in [-0.4, -0.2) is 30.9 Å². The van der Waals surface area contributed by atoms with Gasteiger partial charge in [0.05, 0.1) is 0 Å². The molecule has 0 aliphatic carbocycles. The number of alkyl halides is 1. The van der Waals surface area contributed by atoms with Crippen LogP contribution in [0.4, 0.5) is 0 Å². The average molecular weight is 222 g/mol. The molecule has 0 spiro atoms. The number of hydrogen-bond acceptors (Lipinski definition) is 1. The van der Waals surface area contributed by atoms with Crippen LogP contribution in [0.25, 0.3) is 0 Å². The van der Waals surface area contributed by atoms with E-state index in [1.54, 1.807) is 0 Å². The lowest BCUT2D eigenvalue weighted by Gasteiger charge is -2.22. The number of rotatable bonds is 5. The van der Waals surface area contributed by atoms with E-state index in [0.717, 1.165) is 5.33 Å². The quantitative estimate of drug-likeness (QED) is 0.646. The van der Waals surface area contributed by atoms with Gasteiger partial charge in [0.15, 0.2) is 0 Å². The number of hydrogen-bond donors (Lipinski definition) is 0. The molecule has 0 aromatic rings. The Morgan fingerprint density at radius 3 is 2.18 bits per heavy atom. The fraction of sp³-hybridized carbons (Fsp3) is 1.00. The number of halogens is 1. The van der Waals surface area contributed by atoms with Gasteiger partial charge in [0, 0.05) is 5.33 Å². The van der Waals surface area contributed by atoms with E-state index in [-0.39, 0.29) is 0 Å². The summed E-state index contributed by atoms with van der Waals surface area (Å²) in [7, 11) is 4.25. The fourth-order valence-electron chi connectivity index (χ4n) is 0.941. The summed E-state index contributed by atoms with van der Waals surface area (Å²) < 4.78 is 0. The van der Waals surface area contributed by atoms with Crippen molar-refractivity contribution >= 4 is 15.9 Å². The molecular weight excluding hydrogens is 202 g/mol. The summed E-state index contributed by atoms with van der Waals surface area (Å²) in [6.07, 6.45) is 2.60. The summed E-state index contributed by atoms with van der Waals surface area (Å²) in [4.78, 5) is 2.24. The topological polar surface area (TPSA) is 3.24 Å². The van der Waals surface area contributed by atoms with Crippen LogP contribution >= 0.6 is 15.9 Å². The Bertz CT molecular complexity index is 99.7. The van der Waals surface area contributed by atoms with Crippen molar-refractivity contribution in [1.82, 2.24) is 4.90 Å². The van der Waals surface area contributed by atoms with Crippen LogP contribution in [0.5, 0.6) is 0 Å². The zero-order valence-electron chi connectivity index (χ0n) is 8.15. The zero-order chi connectivity index (χ0) is 8.91. The Hall–Kier alpha value is 0.440. The van der Waals surface area contributed by atoms with E-state index in [2.05, 4.69) is 48.8 Å². The molecule has 0 amide bonds. The molecular formula is C9H20BrN. The van der Waals surface area contributed by atoms with Gasteiger partial charge in [-0.25, -0.2) is 0 Å². The minimum absolute atomic E-state index is 0.468. The first-order valence-corrected chi connectivity index (χ1v) is 5.31. The highest BCUT2D eigenvalue weighted by atomic mass is 79.9. The second kappa shape index (κ2) is 5.15. The third-order valence-corrected chi connectivity index (χ3v) is 3.34. The Balaban J connectivity index is 3.38. The van der Waals surface area contributed by atoms with E-state index in [4.69, 9.17) is 0 Å². The normalized spacial score (nSPS) is 12.5. The minimum Gasteiger partial charge on any atom is -0.309 e. The van der Waals surface area contributed by atoms with Gasteiger partial charge in [-0.05, 0) is 38.9 Å². The van der Waals surface area contributed by atoms with Gasteiger partial charge in [-0.2, -0.15) is 0 Å². The van der Waals surface area contributed by atoms with Gasteiger partial charge in [-0.3, -0.25) is 0 Å². The van der Waals surface area contributed by atoms with Crippen molar-refractivity contribution in [2.45, 2.75) is 26.7 Å². The fourth-order valence-corrected chi connectivity index (χ4v) is 1.22. The molecule has 0 saturated carbocycles. The molecule has 11 heavy (non-hydrogen) atoms. The molecule has 0 aliphatic heterocycles. The monoisotopic (exact) mass is 221 g/mol. The van der Waals surface area contributed by atoms with Crippen molar-refractivity contribution in [2.24, 2.45) is 5.41 Å². The molecule has 0 N–H and O–H groups in total. The third-order valence-electron chi connectivity index (χ3n) is 1.82. The van der Waals surface area contributed by atoms with Crippen LogP contribution in [0, 0.1) is 5.41 Å². The van der Waals surface area contributed by atoms with Gasteiger partial charge in [0.2, 0.25) is 0 Å². The van der Waals surface area contributed by atoms with Crippen LogP contribution < -0.4 is 0 Å².